The molecule has 2 aromatic rings. The van der Waals surface area contributed by atoms with Crippen LogP contribution in [0.2, 0.25) is 0 Å². The lowest BCUT2D eigenvalue weighted by molar-refractivity contribution is 0.266. The maximum absolute atomic E-state index is 10.4. The van der Waals surface area contributed by atoms with E-state index in [4.69, 9.17) is 4.52 Å². The minimum absolute atomic E-state index is 0. The van der Waals surface area contributed by atoms with Gasteiger partial charge >= 0.3 is 1.43 Å². The first-order valence-electron chi connectivity index (χ1n) is 6.75. The molecule has 0 unspecified atom stereocenters. The fourth-order valence-electron chi connectivity index (χ4n) is 1.82. The Morgan fingerprint density at radius 3 is 2.61 bits per heavy atom. The molecule has 0 spiro atoms. The molecule has 9 nitrogen and oxygen atoms in total. The molecule has 0 aliphatic heterocycles. The third-order valence-electron chi connectivity index (χ3n) is 2.87. The zero-order chi connectivity index (χ0) is 16.7. The molecule has 0 N–H and O–H groups in total. The monoisotopic (exact) mass is 340 g/mol. The molecule has 10 heteroatoms. The molecule has 2 rings (SSSR count). The molecule has 124 valence electrons. The first-order chi connectivity index (χ1) is 11.0. The molecule has 0 saturated heterocycles. The van der Waals surface area contributed by atoms with Crippen LogP contribution in [0.25, 0.3) is 0 Å². The Hall–Kier alpha value is -2.30. The highest BCUT2D eigenvalue weighted by Crippen LogP contribution is 2.22. The lowest BCUT2D eigenvalue weighted by Crippen LogP contribution is -2.27. The van der Waals surface area contributed by atoms with Crippen LogP contribution in [0.4, 0.5) is 17.3 Å². The van der Waals surface area contributed by atoms with Crippen LogP contribution in [0, 0.1) is 0 Å². The van der Waals surface area contributed by atoms with Gasteiger partial charge < -0.3 is 14.0 Å². The van der Waals surface area contributed by atoms with Gasteiger partial charge in [-0.2, -0.15) is 0 Å². The standard InChI is InChI=1S/C13H16N4O5S/c1-2-17(9-10-21-23(18,19)20)12-5-3-11(4-6-12)15-16-13-7-8-14-22-13/h3-8H,2,9-10H2,1H3,(H,18,19,20). The van der Waals surface area contributed by atoms with Gasteiger partial charge in [-0.15, -0.1) is 10.2 Å². The van der Waals surface area contributed by atoms with Crippen molar-refractivity contribution in [3.8, 4) is 0 Å². The lowest BCUT2D eigenvalue weighted by Gasteiger charge is -2.23. The van der Waals surface area contributed by atoms with Gasteiger partial charge in [0.1, 0.15) is 0 Å². The van der Waals surface area contributed by atoms with Crippen LogP contribution >= 0.6 is 0 Å². The molecule has 0 bridgehead atoms. The summed E-state index contributed by atoms with van der Waals surface area (Å²) in [6.45, 7) is 2.61. The van der Waals surface area contributed by atoms with Crippen molar-refractivity contribution in [3.63, 3.8) is 0 Å². The van der Waals surface area contributed by atoms with Crippen molar-refractivity contribution >= 4 is 27.7 Å². The second-order valence-corrected chi connectivity index (χ2v) is 5.43. The number of rotatable bonds is 8. The Balaban J connectivity index is 0.00000288. The van der Waals surface area contributed by atoms with Crippen LogP contribution in [0.3, 0.4) is 0 Å². The predicted octanol–water partition coefficient (Wildman–Crippen LogP) is 2.51. The van der Waals surface area contributed by atoms with Gasteiger partial charge in [0.25, 0.3) is 5.88 Å². The van der Waals surface area contributed by atoms with Gasteiger partial charge in [0, 0.05) is 24.8 Å². The summed E-state index contributed by atoms with van der Waals surface area (Å²) in [6, 6.07) is 8.71. The summed E-state index contributed by atoms with van der Waals surface area (Å²) in [6.07, 6.45) is 1.47. The third-order valence-corrected chi connectivity index (χ3v) is 3.33. The minimum atomic E-state index is -4.66. The summed E-state index contributed by atoms with van der Waals surface area (Å²) < 4.78 is 40.3. The Morgan fingerprint density at radius 2 is 2.04 bits per heavy atom. The van der Waals surface area contributed by atoms with Crippen molar-refractivity contribution in [1.29, 1.82) is 0 Å². The molecule has 0 saturated carbocycles. The van der Waals surface area contributed by atoms with Gasteiger partial charge in [0.05, 0.1) is 18.5 Å². The molecule has 0 amide bonds. The van der Waals surface area contributed by atoms with Crippen molar-refractivity contribution in [3.05, 3.63) is 36.5 Å². The lowest BCUT2D eigenvalue weighted by atomic mass is 10.2. The summed E-state index contributed by atoms with van der Waals surface area (Å²) >= 11 is 0. The minimum Gasteiger partial charge on any atom is -0.726 e. The van der Waals surface area contributed by atoms with E-state index < -0.39 is 10.4 Å². The van der Waals surface area contributed by atoms with Crippen LogP contribution in [0.1, 0.15) is 8.35 Å². The summed E-state index contributed by atoms with van der Waals surface area (Å²) in [5.74, 6) is 0.306. The predicted molar refractivity (Wildman–Crippen MR) is 81.8 cm³/mol. The highest BCUT2D eigenvalue weighted by molar-refractivity contribution is 7.80. The fraction of sp³-hybridized carbons (Fsp3) is 0.308. The Bertz CT molecular complexity index is 734. The second kappa shape index (κ2) is 7.81. The van der Waals surface area contributed by atoms with Crippen LogP contribution in [0.15, 0.2) is 51.3 Å². The molecule has 1 aromatic carbocycles. The quantitative estimate of drug-likeness (QED) is 0.411. The third kappa shape index (κ3) is 5.77. The number of anilines is 1. The van der Waals surface area contributed by atoms with Gasteiger partial charge in [0.2, 0.25) is 10.4 Å². The maximum atomic E-state index is 10.4. The van der Waals surface area contributed by atoms with Crippen LogP contribution in [0.5, 0.6) is 0 Å². The van der Waals surface area contributed by atoms with E-state index in [-0.39, 0.29) is 14.6 Å². The highest BCUT2D eigenvalue weighted by Gasteiger charge is 2.05. The molecule has 0 radical (unpaired) electrons. The van der Waals surface area contributed by atoms with E-state index in [1.165, 1.54) is 6.20 Å². The van der Waals surface area contributed by atoms with Crippen LogP contribution in [-0.4, -0.2) is 37.8 Å². The first kappa shape index (κ1) is 17.1. The highest BCUT2D eigenvalue weighted by atomic mass is 32.3. The molecule has 0 fully saturated rings. The van der Waals surface area contributed by atoms with Gasteiger partial charge in [-0.05, 0) is 31.2 Å². The Kier molecular flexibility index (Phi) is 5.79. The first-order valence-corrected chi connectivity index (χ1v) is 8.09. The summed E-state index contributed by atoms with van der Waals surface area (Å²) in [5.41, 5.74) is 1.47. The van der Waals surface area contributed by atoms with E-state index >= 15 is 0 Å². The van der Waals surface area contributed by atoms with Crippen molar-refractivity contribution in [1.82, 2.24) is 5.16 Å². The second-order valence-electron chi connectivity index (χ2n) is 4.38. The van der Waals surface area contributed by atoms with E-state index in [0.29, 0.717) is 18.1 Å². The number of hydrogen-bond acceptors (Lipinski definition) is 9. The largest absolute Gasteiger partial charge is 1.00 e. The van der Waals surface area contributed by atoms with E-state index in [0.717, 1.165) is 5.69 Å². The summed E-state index contributed by atoms with van der Waals surface area (Å²) in [4.78, 5) is 1.86. The van der Waals surface area contributed by atoms with Gasteiger partial charge in [-0.25, -0.2) is 8.42 Å². The molecule has 0 atom stereocenters. The van der Waals surface area contributed by atoms with E-state index in [1.807, 2.05) is 24.0 Å². The molecule has 23 heavy (non-hydrogen) atoms. The number of hydrogen-bond donors (Lipinski definition) is 0. The number of nitrogens with zero attached hydrogens (tertiary/aromatic N) is 4. The zero-order valence-electron chi connectivity index (χ0n) is 13.3. The van der Waals surface area contributed by atoms with E-state index in [9.17, 15) is 13.0 Å². The molecular formula is C13H16N4O5S. The molecule has 0 aliphatic carbocycles. The number of benzene rings is 1. The average molecular weight is 340 g/mol. The van der Waals surface area contributed by atoms with Crippen LogP contribution < -0.4 is 4.90 Å². The van der Waals surface area contributed by atoms with Crippen molar-refractivity contribution in [2.75, 3.05) is 24.6 Å². The molecule has 1 aromatic heterocycles. The Labute approximate surface area is 135 Å². The van der Waals surface area contributed by atoms with Crippen LogP contribution in [-0.2, 0) is 14.6 Å². The number of likely N-dealkylation sites (N-methyl/N-ethyl adjacent to an activating group) is 1. The summed E-state index contributed by atoms with van der Waals surface area (Å²) in [5, 5.41) is 11.4. The zero-order valence-corrected chi connectivity index (χ0v) is 13.1. The number of azo groups is 1. The van der Waals surface area contributed by atoms with Crippen molar-refractivity contribution in [2.24, 2.45) is 10.2 Å². The molecular weight excluding hydrogens is 324 g/mol. The fourth-order valence-corrected chi connectivity index (χ4v) is 2.10. The van der Waals surface area contributed by atoms with Gasteiger partial charge in [0.15, 0.2) is 0 Å². The molecule has 1 heterocycles. The van der Waals surface area contributed by atoms with Crippen molar-refractivity contribution < 1.29 is 23.1 Å². The van der Waals surface area contributed by atoms with E-state index in [1.54, 1.807) is 18.2 Å². The van der Waals surface area contributed by atoms with Gasteiger partial charge in [-0.1, -0.05) is 5.16 Å². The summed E-state index contributed by atoms with van der Waals surface area (Å²) in [7, 11) is -4.66. The molecule has 0 aliphatic rings. The van der Waals surface area contributed by atoms with E-state index in [2.05, 4.69) is 19.6 Å². The van der Waals surface area contributed by atoms with Crippen molar-refractivity contribution in [2.45, 2.75) is 6.92 Å². The normalized spacial score (nSPS) is 11.9. The maximum Gasteiger partial charge on any atom is 1.00 e. The average Bonchev–Trinajstić information content (AvgIpc) is 3.03. The SMILES string of the molecule is CCN(CCOS(=O)(=O)[O-])c1ccc(N=Nc2ccno2)cc1.[H+]. The Morgan fingerprint density at radius 1 is 1.30 bits per heavy atom. The number of aromatic nitrogens is 1. The van der Waals surface area contributed by atoms with Gasteiger partial charge in [-0.3, -0.25) is 4.18 Å². The topological polar surface area (TPSA) is 120 Å². The smallest absolute Gasteiger partial charge is 0.726 e.